The number of phenols is 1. The van der Waals surface area contributed by atoms with Gasteiger partial charge >= 0.3 is 0 Å². The number of aromatic hydroxyl groups is 1. The fourth-order valence-electron chi connectivity index (χ4n) is 4.52. The second-order valence-corrected chi connectivity index (χ2v) is 9.04. The first-order valence-corrected chi connectivity index (χ1v) is 12.4. The summed E-state index contributed by atoms with van der Waals surface area (Å²) in [6, 6.07) is 34.7. The van der Waals surface area contributed by atoms with Crippen molar-refractivity contribution in [2.45, 2.75) is 6.61 Å². The van der Waals surface area contributed by atoms with Crippen molar-refractivity contribution in [2.75, 3.05) is 0 Å². The normalized spacial score (nSPS) is 11.3. The maximum atomic E-state index is 12.6. The third kappa shape index (κ3) is 5.06. The van der Waals surface area contributed by atoms with E-state index in [-0.39, 0.29) is 11.4 Å². The third-order valence-corrected chi connectivity index (χ3v) is 6.55. The van der Waals surface area contributed by atoms with Gasteiger partial charge in [0.15, 0.2) is 0 Å². The first-order valence-electron chi connectivity index (χ1n) is 12.4. The highest BCUT2D eigenvalue weighted by molar-refractivity contribution is 6.03. The van der Waals surface area contributed by atoms with Gasteiger partial charge in [0.05, 0.1) is 11.9 Å². The maximum absolute atomic E-state index is 12.6. The van der Waals surface area contributed by atoms with E-state index >= 15 is 0 Å². The molecule has 1 amide bonds. The van der Waals surface area contributed by atoms with Crippen molar-refractivity contribution in [3.05, 3.63) is 126 Å². The topological polar surface area (TPSA) is 99.6 Å². The number of rotatable bonds is 7. The van der Waals surface area contributed by atoms with Gasteiger partial charge in [-0.15, -0.1) is 0 Å². The lowest BCUT2D eigenvalue weighted by atomic mass is 10.0. The van der Waals surface area contributed by atoms with Crippen molar-refractivity contribution >= 4 is 33.7 Å². The number of aromatic amines is 1. The second-order valence-electron chi connectivity index (χ2n) is 9.04. The van der Waals surface area contributed by atoms with Crippen molar-refractivity contribution in [3.8, 4) is 22.8 Å². The first-order chi connectivity index (χ1) is 19.2. The molecule has 0 bridgehead atoms. The lowest BCUT2D eigenvalue weighted by Crippen LogP contribution is -2.18. The number of ether oxygens (including phenoxy) is 1. The van der Waals surface area contributed by atoms with Gasteiger partial charge in [0.25, 0.3) is 5.91 Å². The molecule has 3 N–H and O–H groups in total. The first kappa shape index (κ1) is 23.9. The third-order valence-electron chi connectivity index (χ3n) is 6.55. The van der Waals surface area contributed by atoms with Gasteiger partial charge in [-0.1, -0.05) is 72.8 Å². The molecule has 7 heteroatoms. The van der Waals surface area contributed by atoms with E-state index in [9.17, 15) is 9.90 Å². The Hall–Kier alpha value is -5.43. The Balaban J connectivity index is 1.10. The van der Waals surface area contributed by atoms with Crippen LogP contribution >= 0.6 is 0 Å². The summed E-state index contributed by atoms with van der Waals surface area (Å²) in [5, 5.41) is 25.5. The number of carbonyl (C=O) groups is 1. The van der Waals surface area contributed by atoms with E-state index in [1.54, 1.807) is 12.1 Å². The van der Waals surface area contributed by atoms with Crippen molar-refractivity contribution in [2.24, 2.45) is 5.10 Å². The zero-order chi connectivity index (χ0) is 26.6. The predicted octanol–water partition coefficient (Wildman–Crippen LogP) is 6.43. The fourth-order valence-corrected chi connectivity index (χ4v) is 4.52. The van der Waals surface area contributed by atoms with Crippen LogP contribution in [0.3, 0.4) is 0 Å². The fraction of sp³-hybridized carbons (Fsp3) is 0.0312. The molecule has 0 aliphatic heterocycles. The van der Waals surface area contributed by atoms with Gasteiger partial charge < -0.3 is 9.84 Å². The number of carbonyl (C=O) groups excluding carboxylic acids is 1. The molecule has 0 saturated heterocycles. The summed E-state index contributed by atoms with van der Waals surface area (Å²) < 4.78 is 6.02. The molecule has 5 aromatic carbocycles. The van der Waals surface area contributed by atoms with E-state index in [0.717, 1.165) is 27.6 Å². The summed E-state index contributed by atoms with van der Waals surface area (Å²) in [5.74, 6) is 0.381. The smallest absolute Gasteiger partial charge is 0.289 e. The Morgan fingerprint density at radius 2 is 1.59 bits per heavy atom. The Morgan fingerprint density at radius 3 is 2.41 bits per heavy atom. The Morgan fingerprint density at radius 1 is 0.872 bits per heavy atom. The average molecular weight is 513 g/mol. The quantitative estimate of drug-likeness (QED) is 0.169. The molecule has 1 aromatic heterocycles. The highest BCUT2D eigenvalue weighted by Crippen LogP contribution is 2.26. The molecule has 0 radical (unpaired) electrons. The summed E-state index contributed by atoms with van der Waals surface area (Å²) in [4.78, 5) is 12.6. The predicted molar refractivity (Wildman–Crippen MR) is 153 cm³/mol. The number of hydrazone groups is 1. The average Bonchev–Trinajstić information content (AvgIpc) is 3.48. The molecule has 0 spiro atoms. The van der Waals surface area contributed by atoms with Gasteiger partial charge in [-0.05, 0) is 63.5 Å². The van der Waals surface area contributed by atoms with Crippen LogP contribution < -0.4 is 10.2 Å². The monoisotopic (exact) mass is 512 g/mol. The van der Waals surface area contributed by atoms with E-state index in [1.807, 2.05) is 72.8 Å². The van der Waals surface area contributed by atoms with Crippen LogP contribution in [0.25, 0.3) is 32.8 Å². The van der Waals surface area contributed by atoms with Crippen LogP contribution in [-0.2, 0) is 6.61 Å². The molecule has 1 heterocycles. The molecule has 7 nitrogen and oxygen atoms in total. The van der Waals surface area contributed by atoms with Crippen molar-refractivity contribution < 1.29 is 14.6 Å². The Kier molecular flexibility index (Phi) is 6.45. The number of nitrogens with one attached hydrogen (secondary N) is 2. The zero-order valence-corrected chi connectivity index (χ0v) is 20.8. The van der Waals surface area contributed by atoms with Crippen LogP contribution in [0.5, 0.6) is 11.5 Å². The zero-order valence-electron chi connectivity index (χ0n) is 20.8. The highest BCUT2D eigenvalue weighted by atomic mass is 16.5. The minimum atomic E-state index is -0.445. The van der Waals surface area contributed by atoms with Crippen LogP contribution in [0, 0.1) is 0 Å². The SMILES string of the molecule is O=C(N/N=C/c1c(O)ccc2ccccc12)c1cc(-c2ccc(OCc3cccc4ccccc34)cc2)n[nH]1. The number of fused-ring (bicyclic) bond motifs is 2. The van der Waals surface area contributed by atoms with E-state index < -0.39 is 5.91 Å². The molecule has 6 rings (SSSR count). The highest BCUT2D eigenvalue weighted by Gasteiger charge is 2.11. The van der Waals surface area contributed by atoms with Crippen LogP contribution in [0.4, 0.5) is 0 Å². The molecule has 190 valence electrons. The van der Waals surface area contributed by atoms with Crippen molar-refractivity contribution in [3.63, 3.8) is 0 Å². The molecular weight excluding hydrogens is 488 g/mol. The summed E-state index contributed by atoms with van der Waals surface area (Å²) in [6.45, 7) is 0.463. The number of aromatic nitrogens is 2. The van der Waals surface area contributed by atoms with E-state index in [1.165, 1.54) is 17.0 Å². The van der Waals surface area contributed by atoms with E-state index in [2.05, 4.69) is 45.0 Å². The Labute approximate surface area is 224 Å². The molecule has 39 heavy (non-hydrogen) atoms. The molecule has 0 fully saturated rings. The molecule has 0 aliphatic carbocycles. The van der Waals surface area contributed by atoms with E-state index in [4.69, 9.17) is 4.74 Å². The number of nitrogens with zero attached hydrogens (tertiary/aromatic N) is 2. The lowest BCUT2D eigenvalue weighted by molar-refractivity contribution is 0.0950. The lowest BCUT2D eigenvalue weighted by Gasteiger charge is -2.09. The summed E-state index contributed by atoms with van der Waals surface area (Å²) in [6.07, 6.45) is 1.43. The molecule has 0 atom stereocenters. The van der Waals surface area contributed by atoms with Gasteiger partial charge in [0.1, 0.15) is 23.8 Å². The minimum absolute atomic E-state index is 0.0834. The van der Waals surface area contributed by atoms with E-state index in [0.29, 0.717) is 17.9 Å². The molecule has 0 unspecified atom stereocenters. The van der Waals surface area contributed by atoms with Gasteiger partial charge in [0, 0.05) is 11.1 Å². The van der Waals surface area contributed by atoms with Gasteiger partial charge in [-0.25, -0.2) is 5.43 Å². The van der Waals surface area contributed by atoms with Crippen LogP contribution in [-0.4, -0.2) is 27.4 Å². The molecule has 6 aromatic rings. The second kappa shape index (κ2) is 10.5. The summed E-state index contributed by atoms with van der Waals surface area (Å²) >= 11 is 0. The number of benzene rings is 5. The number of hydrogen-bond acceptors (Lipinski definition) is 5. The number of hydrogen-bond donors (Lipinski definition) is 3. The largest absolute Gasteiger partial charge is 0.507 e. The van der Waals surface area contributed by atoms with Gasteiger partial charge in [-0.3, -0.25) is 9.89 Å². The van der Waals surface area contributed by atoms with Crippen LogP contribution in [0.15, 0.2) is 114 Å². The number of H-pyrrole nitrogens is 1. The molecular formula is C32H24N4O3. The van der Waals surface area contributed by atoms with Crippen molar-refractivity contribution in [1.82, 2.24) is 15.6 Å². The van der Waals surface area contributed by atoms with Crippen molar-refractivity contribution in [1.29, 1.82) is 0 Å². The van der Waals surface area contributed by atoms with Crippen LogP contribution in [0.1, 0.15) is 21.6 Å². The Bertz CT molecular complexity index is 1820. The minimum Gasteiger partial charge on any atom is -0.507 e. The molecule has 0 aliphatic rings. The van der Waals surface area contributed by atoms with Gasteiger partial charge in [-0.2, -0.15) is 10.2 Å². The van der Waals surface area contributed by atoms with Crippen LogP contribution in [0.2, 0.25) is 0 Å². The molecule has 0 saturated carbocycles. The van der Waals surface area contributed by atoms with Gasteiger partial charge in [0.2, 0.25) is 0 Å². The number of phenolic OH excluding ortho intramolecular Hbond substituents is 1. The summed E-state index contributed by atoms with van der Waals surface area (Å²) in [7, 11) is 0. The summed E-state index contributed by atoms with van der Waals surface area (Å²) in [5.41, 5.74) is 5.86. The standard InChI is InChI=1S/C32H24N4O3/c37-31-17-14-22-7-2-4-11-27(22)28(31)19-33-36-32(38)30-18-29(34-35-30)23-12-15-25(16-13-23)39-20-24-9-5-8-21-6-1-3-10-26(21)24/h1-19,37H,20H2,(H,34,35)(H,36,38)/b33-19+. The number of amides is 1. The maximum Gasteiger partial charge on any atom is 0.289 e.